The minimum Gasteiger partial charge on any atom is -0.461 e. The van der Waals surface area contributed by atoms with E-state index in [0.29, 0.717) is 18.8 Å². The van der Waals surface area contributed by atoms with Crippen LogP contribution in [0.4, 0.5) is 0 Å². The van der Waals surface area contributed by atoms with Crippen LogP contribution in [0.2, 0.25) is 0 Å². The molecule has 6 heteroatoms. The molecule has 20 heavy (non-hydrogen) atoms. The maximum atomic E-state index is 11.9. The van der Waals surface area contributed by atoms with Gasteiger partial charge in [-0.1, -0.05) is 32.9 Å². The molecule has 1 heterocycles. The second kappa shape index (κ2) is 6.35. The van der Waals surface area contributed by atoms with Gasteiger partial charge >= 0.3 is 5.97 Å². The number of carbonyl (C=O) groups is 1. The fraction of sp³-hybridized carbons (Fsp3) is 0.786. The van der Waals surface area contributed by atoms with Gasteiger partial charge in [0.25, 0.3) is 0 Å². The number of nitrogens with zero attached hydrogens (tertiary/aromatic N) is 3. The fourth-order valence-electron chi connectivity index (χ4n) is 1.50. The third kappa shape index (κ3) is 4.03. The number of rotatable bonds is 6. The van der Waals surface area contributed by atoms with Gasteiger partial charge in [0, 0.05) is 0 Å². The van der Waals surface area contributed by atoms with E-state index in [2.05, 4.69) is 10.3 Å². The van der Waals surface area contributed by atoms with Crippen LogP contribution in [0.5, 0.6) is 0 Å². The molecule has 0 fully saturated rings. The third-order valence-corrected chi connectivity index (χ3v) is 3.44. The summed E-state index contributed by atoms with van der Waals surface area (Å²) >= 11 is 0. The molecule has 0 saturated carbocycles. The summed E-state index contributed by atoms with van der Waals surface area (Å²) in [6.07, 6.45) is 0. The fourth-order valence-corrected chi connectivity index (χ4v) is 1.50. The Kier molecular flexibility index (Phi) is 5.28. The van der Waals surface area contributed by atoms with Crippen molar-refractivity contribution < 1.29 is 14.6 Å². The number of carbonyl (C=O) groups excluding carboxylic acids is 1. The Labute approximate surface area is 120 Å². The number of aliphatic hydroxyl groups is 1. The van der Waals surface area contributed by atoms with Crippen molar-refractivity contribution in [2.75, 3.05) is 6.61 Å². The van der Waals surface area contributed by atoms with E-state index in [4.69, 9.17) is 4.74 Å². The lowest BCUT2D eigenvalue weighted by Crippen LogP contribution is -2.37. The van der Waals surface area contributed by atoms with Crippen LogP contribution in [-0.4, -0.2) is 38.3 Å². The van der Waals surface area contributed by atoms with Gasteiger partial charge < -0.3 is 9.84 Å². The molecule has 0 amide bonds. The SMILES string of the molecule is Cc1c(C(=O)OCC(C)C)nnn1CC(C)(O)C(C)C. The molecule has 114 valence electrons. The molecular weight excluding hydrogens is 258 g/mol. The van der Waals surface area contributed by atoms with Crippen molar-refractivity contribution in [1.82, 2.24) is 15.0 Å². The Hall–Kier alpha value is -1.43. The van der Waals surface area contributed by atoms with Gasteiger partial charge in [0.1, 0.15) is 0 Å². The van der Waals surface area contributed by atoms with Crippen LogP contribution in [-0.2, 0) is 11.3 Å². The standard InChI is InChI=1S/C14H25N3O3/c1-9(2)7-20-13(18)12-11(5)17(16-15-12)8-14(6,19)10(3)4/h9-10,19H,7-8H2,1-6H3. The molecule has 0 aromatic carbocycles. The highest BCUT2D eigenvalue weighted by atomic mass is 16.5. The van der Waals surface area contributed by atoms with Crippen molar-refractivity contribution in [3.8, 4) is 0 Å². The van der Waals surface area contributed by atoms with E-state index in [-0.39, 0.29) is 17.5 Å². The number of aromatic nitrogens is 3. The summed E-state index contributed by atoms with van der Waals surface area (Å²) in [5, 5.41) is 18.1. The lowest BCUT2D eigenvalue weighted by molar-refractivity contribution is -0.00665. The van der Waals surface area contributed by atoms with E-state index < -0.39 is 11.6 Å². The quantitative estimate of drug-likeness (QED) is 0.806. The molecule has 1 N–H and O–H groups in total. The van der Waals surface area contributed by atoms with Gasteiger partial charge in [-0.15, -0.1) is 5.10 Å². The van der Waals surface area contributed by atoms with E-state index in [1.54, 1.807) is 18.5 Å². The largest absolute Gasteiger partial charge is 0.461 e. The lowest BCUT2D eigenvalue weighted by Gasteiger charge is -2.27. The summed E-state index contributed by atoms with van der Waals surface area (Å²) in [5.74, 6) is -0.120. The second-order valence-corrected chi connectivity index (χ2v) is 6.19. The topological polar surface area (TPSA) is 77.2 Å². The monoisotopic (exact) mass is 283 g/mol. The van der Waals surface area contributed by atoms with Crippen LogP contribution in [0, 0.1) is 18.8 Å². The van der Waals surface area contributed by atoms with Crippen molar-refractivity contribution in [2.24, 2.45) is 11.8 Å². The van der Waals surface area contributed by atoms with Gasteiger partial charge in [0.2, 0.25) is 0 Å². The molecule has 0 saturated heterocycles. The first kappa shape index (κ1) is 16.6. The average molecular weight is 283 g/mol. The Balaban J connectivity index is 2.82. The van der Waals surface area contributed by atoms with Gasteiger partial charge in [0.05, 0.1) is 24.4 Å². The molecule has 1 aromatic rings. The van der Waals surface area contributed by atoms with Crippen molar-refractivity contribution in [3.05, 3.63) is 11.4 Å². The average Bonchev–Trinajstić information content (AvgIpc) is 2.67. The summed E-state index contributed by atoms with van der Waals surface area (Å²) in [4.78, 5) is 11.9. The summed E-state index contributed by atoms with van der Waals surface area (Å²) in [5.41, 5.74) is -0.0812. The maximum Gasteiger partial charge on any atom is 0.360 e. The normalized spacial score (nSPS) is 14.7. The first-order valence-corrected chi connectivity index (χ1v) is 6.94. The second-order valence-electron chi connectivity index (χ2n) is 6.19. The molecule has 0 spiro atoms. The Morgan fingerprint density at radius 1 is 1.40 bits per heavy atom. The molecule has 1 unspecified atom stereocenters. The molecule has 1 rings (SSSR count). The Morgan fingerprint density at radius 3 is 2.50 bits per heavy atom. The number of hydrogen-bond acceptors (Lipinski definition) is 5. The van der Waals surface area contributed by atoms with Crippen molar-refractivity contribution in [3.63, 3.8) is 0 Å². The minimum absolute atomic E-state index is 0.0717. The summed E-state index contributed by atoms with van der Waals surface area (Å²) < 4.78 is 6.69. The molecule has 0 radical (unpaired) electrons. The van der Waals surface area contributed by atoms with E-state index in [1.807, 2.05) is 27.7 Å². The van der Waals surface area contributed by atoms with Crippen LogP contribution in [0.1, 0.15) is 50.8 Å². The molecule has 1 atom stereocenters. The van der Waals surface area contributed by atoms with Crippen LogP contribution in [0.25, 0.3) is 0 Å². The van der Waals surface area contributed by atoms with Crippen LogP contribution < -0.4 is 0 Å². The van der Waals surface area contributed by atoms with Crippen molar-refractivity contribution in [2.45, 2.75) is 53.7 Å². The maximum absolute atomic E-state index is 11.9. The number of esters is 1. The van der Waals surface area contributed by atoms with E-state index in [9.17, 15) is 9.90 Å². The minimum atomic E-state index is -0.905. The van der Waals surface area contributed by atoms with E-state index >= 15 is 0 Å². The molecule has 0 bridgehead atoms. The number of hydrogen-bond donors (Lipinski definition) is 1. The number of ether oxygens (including phenoxy) is 1. The van der Waals surface area contributed by atoms with Gasteiger partial charge in [-0.25, -0.2) is 9.48 Å². The van der Waals surface area contributed by atoms with Crippen molar-refractivity contribution >= 4 is 5.97 Å². The van der Waals surface area contributed by atoms with Crippen LogP contribution >= 0.6 is 0 Å². The predicted octanol–water partition coefficient (Wildman–Crippen LogP) is 1.81. The van der Waals surface area contributed by atoms with E-state index in [0.717, 1.165) is 0 Å². The zero-order chi connectivity index (χ0) is 15.5. The first-order chi connectivity index (χ1) is 9.15. The van der Waals surface area contributed by atoms with Gasteiger partial charge in [-0.2, -0.15) is 0 Å². The summed E-state index contributed by atoms with van der Waals surface area (Å²) in [6.45, 7) is 12.0. The van der Waals surface area contributed by atoms with E-state index in [1.165, 1.54) is 0 Å². The highest BCUT2D eigenvalue weighted by molar-refractivity contribution is 5.88. The lowest BCUT2D eigenvalue weighted by atomic mass is 9.92. The summed E-state index contributed by atoms with van der Waals surface area (Å²) in [7, 11) is 0. The summed E-state index contributed by atoms with van der Waals surface area (Å²) in [6, 6.07) is 0. The third-order valence-electron chi connectivity index (χ3n) is 3.44. The predicted molar refractivity (Wildman–Crippen MR) is 75.3 cm³/mol. The molecular formula is C14H25N3O3. The van der Waals surface area contributed by atoms with Gasteiger partial charge in [0.15, 0.2) is 5.69 Å². The highest BCUT2D eigenvalue weighted by Gasteiger charge is 2.28. The van der Waals surface area contributed by atoms with Crippen LogP contribution in [0.3, 0.4) is 0 Å². The smallest absolute Gasteiger partial charge is 0.360 e. The zero-order valence-corrected chi connectivity index (χ0v) is 13.2. The van der Waals surface area contributed by atoms with Crippen molar-refractivity contribution in [1.29, 1.82) is 0 Å². The molecule has 0 aliphatic heterocycles. The Morgan fingerprint density at radius 2 is 2.00 bits per heavy atom. The highest BCUT2D eigenvalue weighted by Crippen LogP contribution is 2.19. The van der Waals surface area contributed by atoms with Crippen LogP contribution in [0.15, 0.2) is 0 Å². The molecule has 0 aliphatic carbocycles. The molecule has 0 aliphatic rings. The van der Waals surface area contributed by atoms with Gasteiger partial charge in [-0.3, -0.25) is 0 Å². The van der Waals surface area contributed by atoms with Gasteiger partial charge in [-0.05, 0) is 25.7 Å². The zero-order valence-electron chi connectivity index (χ0n) is 13.2. The molecule has 6 nitrogen and oxygen atoms in total. The molecule has 1 aromatic heterocycles. The first-order valence-electron chi connectivity index (χ1n) is 6.94. The Bertz CT molecular complexity index is 464.